The van der Waals surface area contributed by atoms with Crippen molar-refractivity contribution in [1.29, 1.82) is 0 Å². The number of carbonyl (C=O) groups is 1. The lowest BCUT2D eigenvalue weighted by Gasteiger charge is -2.36. The Hall–Kier alpha value is -1.76. The van der Waals surface area contributed by atoms with Gasteiger partial charge < -0.3 is 5.11 Å². The summed E-state index contributed by atoms with van der Waals surface area (Å²) < 4.78 is 31.7. The van der Waals surface area contributed by atoms with Gasteiger partial charge in [-0.25, -0.2) is 4.79 Å². The molecule has 2 aliphatic rings. The second kappa shape index (κ2) is 8.31. The average molecular weight is 432 g/mol. The molecule has 1 fully saturated rings. The lowest BCUT2D eigenvalue weighted by atomic mass is 9.84. The predicted octanol–water partition coefficient (Wildman–Crippen LogP) is 5.74. The highest BCUT2D eigenvalue weighted by Gasteiger charge is 2.38. The molecule has 150 valence electrons. The van der Waals surface area contributed by atoms with Crippen molar-refractivity contribution in [2.24, 2.45) is 0 Å². The first-order valence-corrected chi connectivity index (χ1v) is 9.49. The van der Waals surface area contributed by atoms with Crippen molar-refractivity contribution in [3.63, 3.8) is 0 Å². The summed E-state index contributed by atoms with van der Waals surface area (Å²) in [5.41, 5.74) is 3.91. The molecule has 0 spiro atoms. The molecule has 1 atom stereocenters. The van der Waals surface area contributed by atoms with Crippen molar-refractivity contribution in [1.82, 2.24) is 4.90 Å². The maximum atomic E-state index is 10.6. The number of benzene rings is 2. The first kappa shape index (κ1) is 21.0. The summed E-state index contributed by atoms with van der Waals surface area (Å²) in [7, 11) is 0. The Kier molecular flexibility index (Phi) is 6.22. The molecule has 1 aliphatic carbocycles. The minimum Gasteiger partial charge on any atom is -0.475 e. The van der Waals surface area contributed by atoms with Crippen LogP contribution in [0.2, 0.25) is 10.0 Å². The fourth-order valence-electron chi connectivity index (χ4n) is 3.39. The molecule has 1 aliphatic heterocycles. The summed E-state index contributed by atoms with van der Waals surface area (Å²) >= 11 is 12.7. The molecule has 0 saturated heterocycles. The molecule has 8 heteroatoms. The molecule has 0 aromatic heterocycles. The Morgan fingerprint density at radius 1 is 1.11 bits per heavy atom. The molecular formula is C20H18Cl2F3NO2. The molecule has 1 unspecified atom stereocenters. The van der Waals surface area contributed by atoms with E-state index in [0.29, 0.717) is 5.92 Å². The van der Waals surface area contributed by atoms with Crippen LogP contribution in [0, 0.1) is 0 Å². The maximum absolute atomic E-state index is 10.6. The van der Waals surface area contributed by atoms with Gasteiger partial charge in [0.05, 0.1) is 0 Å². The molecule has 3 nitrogen and oxygen atoms in total. The van der Waals surface area contributed by atoms with E-state index in [-0.39, 0.29) is 0 Å². The average Bonchev–Trinajstić information content (AvgIpc) is 3.46. The fraction of sp³-hybridized carbons (Fsp3) is 0.350. The highest BCUT2D eigenvalue weighted by Crippen LogP contribution is 2.42. The standard InChI is InChI=1S/C18H17Cl2N.C2HF3O2/c19-13-8-15-16(12-4-2-1-3-5-12)10-21(14-6-7-14)11-17(15)18(20)9-13;3-2(4,5)1(6)7/h1-5,8-9,14,16H,6-7,10-11H2;(H,6,7). The first-order chi connectivity index (χ1) is 13.2. The number of fused-ring (bicyclic) bond motifs is 1. The van der Waals surface area contributed by atoms with Gasteiger partial charge in [0.2, 0.25) is 0 Å². The second-order valence-corrected chi connectivity index (χ2v) is 7.73. The highest BCUT2D eigenvalue weighted by molar-refractivity contribution is 6.35. The molecule has 0 bridgehead atoms. The highest BCUT2D eigenvalue weighted by atomic mass is 35.5. The lowest BCUT2D eigenvalue weighted by molar-refractivity contribution is -0.192. The third kappa shape index (κ3) is 4.99. The fourth-order valence-corrected chi connectivity index (χ4v) is 3.96. The number of hydrogen-bond acceptors (Lipinski definition) is 2. The van der Waals surface area contributed by atoms with Gasteiger partial charge in [-0.3, -0.25) is 4.90 Å². The molecular weight excluding hydrogens is 414 g/mol. The summed E-state index contributed by atoms with van der Waals surface area (Å²) in [6, 6.07) is 15.4. The zero-order valence-electron chi connectivity index (χ0n) is 14.7. The van der Waals surface area contributed by atoms with Gasteiger partial charge in [-0.1, -0.05) is 53.5 Å². The number of hydrogen-bond donors (Lipinski definition) is 1. The lowest BCUT2D eigenvalue weighted by Crippen LogP contribution is -2.35. The van der Waals surface area contributed by atoms with Crippen molar-refractivity contribution >= 4 is 29.2 Å². The summed E-state index contributed by atoms with van der Waals surface area (Å²) in [6.45, 7) is 2.03. The van der Waals surface area contributed by atoms with Gasteiger partial charge in [-0.15, -0.1) is 0 Å². The number of alkyl halides is 3. The smallest absolute Gasteiger partial charge is 0.475 e. The van der Waals surface area contributed by atoms with E-state index in [9.17, 15) is 13.2 Å². The molecule has 1 N–H and O–H groups in total. The molecule has 1 saturated carbocycles. The summed E-state index contributed by atoms with van der Waals surface area (Å²) in [4.78, 5) is 11.5. The quantitative estimate of drug-likeness (QED) is 0.659. The first-order valence-electron chi connectivity index (χ1n) is 8.73. The molecule has 4 rings (SSSR count). The zero-order chi connectivity index (χ0) is 20.5. The van der Waals surface area contributed by atoms with Crippen LogP contribution in [0.25, 0.3) is 0 Å². The Labute approximate surface area is 170 Å². The Morgan fingerprint density at radius 2 is 1.71 bits per heavy atom. The zero-order valence-corrected chi connectivity index (χ0v) is 16.2. The summed E-state index contributed by atoms with van der Waals surface area (Å²) in [6.07, 6.45) is -2.44. The Morgan fingerprint density at radius 3 is 2.25 bits per heavy atom. The van der Waals surface area contributed by atoms with Crippen LogP contribution in [0.15, 0.2) is 42.5 Å². The van der Waals surface area contributed by atoms with Crippen LogP contribution in [-0.4, -0.2) is 34.7 Å². The van der Waals surface area contributed by atoms with Crippen LogP contribution in [0.3, 0.4) is 0 Å². The van der Waals surface area contributed by atoms with E-state index < -0.39 is 12.1 Å². The molecule has 1 heterocycles. The molecule has 28 heavy (non-hydrogen) atoms. The molecule has 2 aromatic carbocycles. The van der Waals surface area contributed by atoms with E-state index in [2.05, 4.69) is 41.3 Å². The number of rotatable bonds is 2. The number of halogens is 5. The Bertz CT molecular complexity index is 855. The third-order valence-electron chi connectivity index (χ3n) is 4.86. The number of carboxylic acid groups (broad SMARTS) is 1. The van der Waals surface area contributed by atoms with Crippen LogP contribution >= 0.6 is 23.2 Å². The molecule has 0 amide bonds. The van der Waals surface area contributed by atoms with Crippen molar-refractivity contribution in [2.45, 2.75) is 37.5 Å². The Balaban J connectivity index is 0.000000279. The minimum atomic E-state index is -5.08. The number of aliphatic carboxylic acids is 1. The maximum Gasteiger partial charge on any atom is 0.490 e. The van der Waals surface area contributed by atoms with E-state index in [1.54, 1.807) is 0 Å². The topological polar surface area (TPSA) is 40.5 Å². The van der Waals surface area contributed by atoms with Crippen LogP contribution in [-0.2, 0) is 11.3 Å². The van der Waals surface area contributed by atoms with Crippen LogP contribution < -0.4 is 0 Å². The van der Waals surface area contributed by atoms with Gasteiger partial charge in [0.1, 0.15) is 0 Å². The minimum absolute atomic E-state index is 0.367. The van der Waals surface area contributed by atoms with E-state index in [0.717, 1.165) is 29.2 Å². The second-order valence-electron chi connectivity index (χ2n) is 6.88. The molecule has 0 radical (unpaired) electrons. The van der Waals surface area contributed by atoms with E-state index in [4.69, 9.17) is 33.1 Å². The van der Waals surface area contributed by atoms with Crippen LogP contribution in [0.5, 0.6) is 0 Å². The largest absolute Gasteiger partial charge is 0.490 e. The predicted molar refractivity (Wildman–Crippen MR) is 102 cm³/mol. The van der Waals surface area contributed by atoms with Crippen molar-refractivity contribution in [3.8, 4) is 0 Å². The third-order valence-corrected chi connectivity index (χ3v) is 5.41. The number of nitrogens with zero attached hydrogens (tertiary/aromatic N) is 1. The monoisotopic (exact) mass is 431 g/mol. The van der Waals surface area contributed by atoms with Crippen LogP contribution in [0.4, 0.5) is 13.2 Å². The van der Waals surface area contributed by atoms with Crippen molar-refractivity contribution < 1.29 is 23.1 Å². The van der Waals surface area contributed by atoms with Gasteiger partial charge in [0.15, 0.2) is 0 Å². The normalized spacial score (nSPS) is 19.4. The molecule has 2 aromatic rings. The summed E-state index contributed by atoms with van der Waals surface area (Å²) in [5, 5.41) is 8.67. The SMILES string of the molecule is Clc1cc(Cl)c2c(c1)C(c1ccccc1)CN(C1CC1)C2.O=C(O)C(F)(F)F. The van der Waals surface area contributed by atoms with E-state index in [1.807, 2.05) is 6.07 Å². The summed E-state index contributed by atoms with van der Waals surface area (Å²) in [5.74, 6) is -2.39. The van der Waals surface area contributed by atoms with E-state index in [1.165, 1.54) is 29.5 Å². The number of carboxylic acids is 1. The van der Waals surface area contributed by atoms with E-state index >= 15 is 0 Å². The van der Waals surface area contributed by atoms with Crippen molar-refractivity contribution in [2.75, 3.05) is 6.54 Å². The van der Waals surface area contributed by atoms with Gasteiger partial charge in [0, 0.05) is 35.1 Å². The van der Waals surface area contributed by atoms with Gasteiger partial charge in [-0.05, 0) is 41.7 Å². The van der Waals surface area contributed by atoms with Gasteiger partial charge in [0.25, 0.3) is 0 Å². The van der Waals surface area contributed by atoms with Crippen molar-refractivity contribution in [3.05, 3.63) is 69.2 Å². The van der Waals surface area contributed by atoms with Gasteiger partial charge >= 0.3 is 12.1 Å². The van der Waals surface area contributed by atoms with Crippen LogP contribution in [0.1, 0.15) is 35.4 Å². The van der Waals surface area contributed by atoms with Gasteiger partial charge in [-0.2, -0.15) is 13.2 Å².